The fraction of sp³-hybridized carbons (Fsp3) is 0.875. The number of fused-ring (bicyclic) bond motifs is 7. The maximum absolute atomic E-state index is 13.2. The lowest BCUT2D eigenvalue weighted by Gasteiger charge is -2.72. The van der Waals surface area contributed by atoms with Gasteiger partial charge in [0.2, 0.25) is 0 Å². The Labute approximate surface area is 320 Å². The van der Waals surface area contributed by atoms with Crippen molar-refractivity contribution in [3.63, 3.8) is 0 Å². The number of ether oxygens (including phenoxy) is 1. The van der Waals surface area contributed by atoms with E-state index >= 15 is 0 Å². The smallest absolute Gasteiger partial charge is 0.309 e. The molecule has 0 aromatic heterocycles. The normalized spacial score (nSPS) is 39.3. The zero-order valence-corrected chi connectivity index (χ0v) is 35.0. The summed E-state index contributed by atoms with van der Waals surface area (Å²) in [4.78, 5) is 26.2. The second-order valence-corrected chi connectivity index (χ2v) is 20.3. The maximum Gasteiger partial charge on any atom is 0.309 e. The van der Waals surface area contributed by atoms with Gasteiger partial charge in [0.1, 0.15) is 6.10 Å². The quantitative estimate of drug-likeness (QED) is 0.0870. The van der Waals surface area contributed by atoms with Crippen LogP contribution in [0.3, 0.4) is 0 Å². The van der Waals surface area contributed by atoms with Crippen LogP contribution in [-0.2, 0) is 14.3 Å². The summed E-state index contributed by atoms with van der Waals surface area (Å²) in [5, 5.41) is 10.7. The number of carbonyl (C=O) groups is 2. The van der Waals surface area contributed by atoms with Crippen molar-refractivity contribution >= 4 is 11.9 Å². The number of unbranched alkanes of at least 4 members (excludes halogenated alkanes) is 11. The minimum Gasteiger partial charge on any atom is -0.481 e. The van der Waals surface area contributed by atoms with Gasteiger partial charge < -0.3 is 9.84 Å². The molecule has 10 atom stereocenters. The van der Waals surface area contributed by atoms with Crippen molar-refractivity contribution in [2.24, 2.45) is 56.7 Å². The zero-order chi connectivity index (χ0) is 37.8. The number of esters is 1. The van der Waals surface area contributed by atoms with Crippen LogP contribution in [0, 0.1) is 56.7 Å². The maximum atomic E-state index is 13.2. The Balaban J connectivity index is 1.10. The van der Waals surface area contributed by atoms with Crippen LogP contribution in [0.2, 0.25) is 0 Å². The van der Waals surface area contributed by atoms with Crippen molar-refractivity contribution in [2.45, 2.75) is 209 Å². The number of aliphatic carboxylic acids is 1. The minimum absolute atomic E-state index is 0.00170. The summed E-state index contributed by atoms with van der Waals surface area (Å²) in [7, 11) is 0. The van der Waals surface area contributed by atoms with E-state index in [1.807, 2.05) is 0 Å². The molecule has 296 valence electrons. The first-order chi connectivity index (χ1) is 24.7. The Morgan fingerprint density at radius 2 is 1.35 bits per heavy atom. The molecule has 5 fully saturated rings. The number of rotatable bonds is 18. The summed E-state index contributed by atoms with van der Waals surface area (Å²) in [6, 6.07) is 0. The molecule has 0 aliphatic heterocycles. The third-order valence-electron chi connectivity index (χ3n) is 17.3. The molecule has 4 heteroatoms. The molecule has 5 aliphatic rings. The summed E-state index contributed by atoms with van der Waals surface area (Å²) in [5.74, 6) is 1.62. The first-order valence-electron chi connectivity index (χ1n) is 22.4. The van der Waals surface area contributed by atoms with E-state index in [2.05, 4.69) is 67.2 Å². The summed E-state index contributed by atoms with van der Waals surface area (Å²) in [6.45, 7) is 21.5. The molecule has 0 amide bonds. The first-order valence-corrected chi connectivity index (χ1v) is 22.4. The highest BCUT2D eigenvalue weighted by atomic mass is 16.5. The molecule has 0 heterocycles. The van der Waals surface area contributed by atoms with Crippen LogP contribution in [0.15, 0.2) is 24.3 Å². The number of hydrogen-bond acceptors (Lipinski definition) is 3. The number of carbonyl (C=O) groups excluding carboxylic acids is 1. The van der Waals surface area contributed by atoms with Gasteiger partial charge in [-0.25, -0.2) is 0 Å². The van der Waals surface area contributed by atoms with E-state index in [4.69, 9.17) is 4.74 Å². The minimum atomic E-state index is -0.563. The van der Waals surface area contributed by atoms with E-state index in [-0.39, 0.29) is 39.7 Å². The van der Waals surface area contributed by atoms with E-state index in [1.165, 1.54) is 95.5 Å². The summed E-state index contributed by atoms with van der Waals surface area (Å²) in [6.07, 6.45) is 32.2. The Morgan fingerprint density at radius 3 is 1.98 bits per heavy atom. The summed E-state index contributed by atoms with van der Waals surface area (Å²) < 4.78 is 6.39. The molecule has 0 spiro atoms. The van der Waals surface area contributed by atoms with Crippen molar-refractivity contribution < 1.29 is 19.4 Å². The van der Waals surface area contributed by atoms with Gasteiger partial charge in [0.15, 0.2) is 0 Å². The van der Waals surface area contributed by atoms with E-state index in [0.717, 1.165) is 57.8 Å². The van der Waals surface area contributed by atoms with Gasteiger partial charge in [0.05, 0.1) is 5.41 Å². The number of carboxylic acid groups (broad SMARTS) is 1. The highest BCUT2D eigenvalue weighted by molar-refractivity contribution is 5.76. The highest BCUT2D eigenvalue weighted by Gasteiger charge is 2.72. The summed E-state index contributed by atoms with van der Waals surface area (Å²) >= 11 is 0. The second kappa shape index (κ2) is 17.1. The van der Waals surface area contributed by atoms with Crippen molar-refractivity contribution in [1.82, 2.24) is 0 Å². The predicted octanol–water partition coefficient (Wildman–Crippen LogP) is 13.7. The third kappa shape index (κ3) is 7.76. The van der Waals surface area contributed by atoms with Gasteiger partial charge in [0, 0.05) is 11.8 Å². The molecular formula is C48H80O4. The van der Waals surface area contributed by atoms with Gasteiger partial charge in [-0.05, 0) is 149 Å². The average Bonchev–Trinajstić information content (AvgIpc) is 3.50. The number of allylic oxidation sites excluding steroid dienone is 3. The molecule has 52 heavy (non-hydrogen) atoms. The van der Waals surface area contributed by atoms with E-state index < -0.39 is 11.4 Å². The second-order valence-electron chi connectivity index (χ2n) is 20.3. The van der Waals surface area contributed by atoms with Crippen LogP contribution < -0.4 is 0 Å². The Kier molecular flexibility index (Phi) is 13.6. The molecule has 4 nitrogen and oxygen atoms in total. The molecule has 0 aromatic carbocycles. The molecule has 5 saturated carbocycles. The van der Waals surface area contributed by atoms with Crippen LogP contribution in [-0.4, -0.2) is 23.1 Å². The SMILES string of the molecule is C=C(C)C1CC[C@]2(C(=O)O)CC[C@]3(C)C(CCC4[C@@]5(C)CC[C@H](OC(=O)CCCCCCC/C=C\CCCCCCCC)C(C)(C)C5CC[C@]43C)C12. The van der Waals surface area contributed by atoms with Gasteiger partial charge in [-0.1, -0.05) is 117 Å². The van der Waals surface area contributed by atoms with Crippen molar-refractivity contribution in [2.75, 3.05) is 0 Å². The van der Waals surface area contributed by atoms with Crippen LogP contribution in [0.25, 0.3) is 0 Å². The first kappa shape index (κ1) is 41.6. The van der Waals surface area contributed by atoms with Gasteiger partial charge in [0.25, 0.3) is 0 Å². The lowest BCUT2D eigenvalue weighted by molar-refractivity contribution is -0.250. The fourth-order valence-electron chi connectivity index (χ4n) is 14.3. The van der Waals surface area contributed by atoms with Gasteiger partial charge in [-0.3, -0.25) is 9.59 Å². The van der Waals surface area contributed by atoms with Crippen LogP contribution >= 0.6 is 0 Å². The molecule has 5 unspecified atom stereocenters. The molecule has 0 bridgehead atoms. The van der Waals surface area contributed by atoms with E-state index in [9.17, 15) is 14.7 Å². The van der Waals surface area contributed by atoms with Crippen molar-refractivity contribution in [1.29, 1.82) is 0 Å². The Hall–Kier alpha value is -1.58. The Morgan fingerprint density at radius 1 is 0.712 bits per heavy atom. The Bertz CT molecular complexity index is 1260. The highest BCUT2D eigenvalue weighted by Crippen LogP contribution is 2.77. The molecule has 5 rings (SSSR count). The largest absolute Gasteiger partial charge is 0.481 e. The standard InChI is InChI=1S/C48H80O4/c1-9-10-11-12-13-14-15-16-17-18-19-20-21-22-23-24-41(49)52-40-29-30-45(6)38(44(40,4)5)28-31-47(8)39(45)26-25-37-42-36(35(2)3)27-32-48(42,43(50)51)34-33-46(37,47)7/h16-17,36-40,42H,2,9-15,18-34H2,1,3-8H3,(H,50,51)/b17-16-/t36?,37?,38?,39?,40-,42?,45-,46+,47+,48-/m0/s1. The molecule has 0 aromatic rings. The van der Waals surface area contributed by atoms with Gasteiger partial charge >= 0.3 is 11.9 Å². The van der Waals surface area contributed by atoms with E-state index in [0.29, 0.717) is 30.1 Å². The fourth-order valence-corrected chi connectivity index (χ4v) is 14.3. The van der Waals surface area contributed by atoms with Crippen molar-refractivity contribution in [3.8, 4) is 0 Å². The van der Waals surface area contributed by atoms with E-state index in [1.54, 1.807) is 0 Å². The number of carboxylic acids is 1. The molecule has 1 N–H and O–H groups in total. The lowest BCUT2D eigenvalue weighted by Crippen LogP contribution is -2.67. The topological polar surface area (TPSA) is 63.6 Å². The average molecular weight is 721 g/mol. The predicted molar refractivity (Wildman–Crippen MR) is 216 cm³/mol. The molecule has 0 saturated heterocycles. The molecule has 0 radical (unpaired) electrons. The lowest BCUT2D eigenvalue weighted by atomic mass is 9.32. The van der Waals surface area contributed by atoms with Crippen LogP contribution in [0.4, 0.5) is 0 Å². The van der Waals surface area contributed by atoms with Crippen LogP contribution in [0.5, 0.6) is 0 Å². The summed E-state index contributed by atoms with van der Waals surface area (Å²) in [5.41, 5.74) is 1.13. The third-order valence-corrected chi connectivity index (χ3v) is 17.3. The monoisotopic (exact) mass is 721 g/mol. The zero-order valence-electron chi connectivity index (χ0n) is 35.0. The molecular weight excluding hydrogens is 641 g/mol. The van der Waals surface area contributed by atoms with Gasteiger partial charge in [-0.15, -0.1) is 0 Å². The van der Waals surface area contributed by atoms with Crippen molar-refractivity contribution in [3.05, 3.63) is 24.3 Å². The molecule has 5 aliphatic carbocycles. The number of hydrogen-bond donors (Lipinski definition) is 1. The van der Waals surface area contributed by atoms with Gasteiger partial charge in [-0.2, -0.15) is 0 Å². The van der Waals surface area contributed by atoms with Crippen LogP contribution in [0.1, 0.15) is 203 Å².